The highest BCUT2D eigenvalue weighted by Gasteiger charge is 2.26. The molecule has 0 bridgehead atoms. The van der Waals surface area contributed by atoms with Crippen LogP contribution < -0.4 is 14.8 Å². The highest BCUT2D eigenvalue weighted by molar-refractivity contribution is 5.43. The summed E-state index contributed by atoms with van der Waals surface area (Å²) in [6, 6.07) is 6.25. The smallest absolute Gasteiger partial charge is 0.161 e. The van der Waals surface area contributed by atoms with E-state index in [0.29, 0.717) is 6.10 Å². The lowest BCUT2D eigenvalue weighted by atomic mass is 9.82. The Hall–Kier alpha value is -1.22. The summed E-state index contributed by atoms with van der Waals surface area (Å²) in [7, 11) is 1.71. The van der Waals surface area contributed by atoms with Crippen molar-refractivity contribution in [3.63, 3.8) is 0 Å². The zero-order chi connectivity index (χ0) is 15.2. The van der Waals surface area contributed by atoms with Gasteiger partial charge in [0.25, 0.3) is 0 Å². The number of rotatable bonds is 6. The summed E-state index contributed by atoms with van der Waals surface area (Å²) in [6.45, 7) is 8.59. The maximum absolute atomic E-state index is 6.23. The summed E-state index contributed by atoms with van der Waals surface area (Å²) in [5.74, 6) is 3.22. The van der Waals surface area contributed by atoms with E-state index >= 15 is 0 Å². The molecule has 0 heterocycles. The van der Waals surface area contributed by atoms with E-state index in [-0.39, 0.29) is 0 Å². The van der Waals surface area contributed by atoms with Crippen molar-refractivity contribution in [1.29, 1.82) is 0 Å². The van der Waals surface area contributed by atoms with Crippen LogP contribution in [0.25, 0.3) is 0 Å². The number of hydrogen-bond acceptors (Lipinski definition) is 3. The monoisotopic (exact) mass is 291 g/mol. The largest absolute Gasteiger partial charge is 0.493 e. The van der Waals surface area contributed by atoms with E-state index in [4.69, 9.17) is 9.47 Å². The van der Waals surface area contributed by atoms with Crippen molar-refractivity contribution in [1.82, 2.24) is 5.32 Å². The summed E-state index contributed by atoms with van der Waals surface area (Å²) in [5.41, 5.74) is 1.23. The molecule has 2 rings (SSSR count). The maximum Gasteiger partial charge on any atom is 0.161 e. The Morgan fingerprint density at radius 2 is 1.81 bits per heavy atom. The highest BCUT2D eigenvalue weighted by Crippen LogP contribution is 2.35. The van der Waals surface area contributed by atoms with Crippen LogP contribution in [-0.4, -0.2) is 19.8 Å². The van der Waals surface area contributed by atoms with Gasteiger partial charge in [0, 0.05) is 6.54 Å². The zero-order valence-electron chi connectivity index (χ0n) is 13.8. The third-order valence-electron chi connectivity index (χ3n) is 4.24. The number of methoxy groups -OCH3 is 1. The molecule has 1 aromatic carbocycles. The lowest BCUT2D eigenvalue weighted by Gasteiger charge is -2.32. The second kappa shape index (κ2) is 7.69. The van der Waals surface area contributed by atoms with Crippen LogP contribution in [0.4, 0.5) is 0 Å². The van der Waals surface area contributed by atoms with Gasteiger partial charge in [-0.05, 0) is 55.3 Å². The molecule has 1 aliphatic carbocycles. The molecule has 0 radical (unpaired) electrons. The minimum atomic E-state index is 0.317. The number of nitrogens with one attached hydrogen (secondary N) is 1. The van der Waals surface area contributed by atoms with Crippen molar-refractivity contribution in [3.05, 3.63) is 23.8 Å². The average Bonchev–Trinajstić information content (AvgIpc) is 2.45. The average molecular weight is 291 g/mol. The minimum absolute atomic E-state index is 0.317. The third kappa shape index (κ3) is 4.63. The van der Waals surface area contributed by atoms with Crippen LogP contribution in [0.3, 0.4) is 0 Å². The van der Waals surface area contributed by atoms with Crippen LogP contribution in [0.2, 0.25) is 0 Å². The van der Waals surface area contributed by atoms with Crippen LogP contribution in [-0.2, 0) is 6.54 Å². The lowest BCUT2D eigenvalue weighted by molar-refractivity contribution is 0.0979. The van der Waals surface area contributed by atoms with Gasteiger partial charge in [-0.15, -0.1) is 0 Å². The number of hydrogen-bond donors (Lipinski definition) is 1. The molecule has 3 nitrogen and oxygen atoms in total. The van der Waals surface area contributed by atoms with Gasteiger partial charge >= 0.3 is 0 Å². The van der Waals surface area contributed by atoms with Crippen molar-refractivity contribution in [2.45, 2.75) is 52.7 Å². The first-order chi connectivity index (χ1) is 10.1. The molecular formula is C18H29NO2. The van der Waals surface area contributed by atoms with E-state index in [1.807, 2.05) is 0 Å². The second-order valence-electron chi connectivity index (χ2n) is 6.42. The predicted molar refractivity (Wildman–Crippen MR) is 87.0 cm³/mol. The molecule has 1 aromatic rings. The molecule has 21 heavy (non-hydrogen) atoms. The van der Waals surface area contributed by atoms with Gasteiger partial charge in [-0.3, -0.25) is 0 Å². The predicted octanol–water partition coefficient (Wildman–Crippen LogP) is 4.01. The molecule has 0 saturated heterocycles. The van der Waals surface area contributed by atoms with E-state index in [1.165, 1.54) is 12.0 Å². The molecule has 0 spiro atoms. The topological polar surface area (TPSA) is 30.5 Å². The molecule has 2 unspecified atom stereocenters. The molecule has 1 aliphatic rings. The van der Waals surface area contributed by atoms with E-state index in [2.05, 4.69) is 44.3 Å². The van der Waals surface area contributed by atoms with Gasteiger partial charge in [-0.25, -0.2) is 0 Å². The molecule has 2 atom stereocenters. The Labute approximate surface area is 129 Å². The van der Waals surface area contributed by atoms with Gasteiger partial charge in [-0.2, -0.15) is 0 Å². The van der Waals surface area contributed by atoms with Crippen molar-refractivity contribution in [2.24, 2.45) is 11.8 Å². The second-order valence-corrected chi connectivity index (χ2v) is 6.42. The Kier molecular flexibility index (Phi) is 5.92. The van der Waals surface area contributed by atoms with Crippen molar-refractivity contribution >= 4 is 0 Å². The maximum atomic E-state index is 6.23. The zero-order valence-corrected chi connectivity index (χ0v) is 13.8. The van der Waals surface area contributed by atoms with Gasteiger partial charge in [-0.1, -0.05) is 26.8 Å². The SMILES string of the molecule is CCNCc1ccc(OC2CC(C)CC(C)C2)c(OC)c1. The molecule has 0 aliphatic heterocycles. The van der Waals surface area contributed by atoms with Gasteiger partial charge in [0.05, 0.1) is 13.2 Å². The Bertz CT molecular complexity index is 437. The molecule has 3 heteroatoms. The summed E-state index contributed by atoms with van der Waals surface area (Å²) in [4.78, 5) is 0. The number of ether oxygens (including phenoxy) is 2. The fraction of sp³-hybridized carbons (Fsp3) is 0.667. The minimum Gasteiger partial charge on any atom is -0.493 e. The van der Waals surface area contributed by atoms with Crippen molar-refractivity contribution < 1.29 is 9.47 Å². The fourth-order valence-corrected chi connectivity index (χ4v) is 3.34. The van der Waals surface area contributed by atoms with Gasteiger partial charge in [0.1, 0.15) is 0 Å². The molecule has 1 N–H and O–H groups in total. The first kappa shape index (κ1) is 16.2. The standard InChI is InChI=1S/C18H29NO2/c1-5-19-12-15-6-7-17(18(11-15)20-4)21-16-9-13(2)8-14(3)10-16/h6-7,11,13-14,16,19H,5,8-10,12H2,1-4H3. The lowest BCUT2D eigenvalue weighted by Crippen LogP contribution is -2.28. The van der Waals surface area contributed by atoms with Gasteiger partial charge in [0.2, 0.25) is 0 Å². The highest BCUT2D eigenvalue weighted by atomic mass is 16.5. The van der Waals surface area contributed by atoms with Crippen molar-refractivity contribution in [2.75, 3.05) is 13.7 Å². The van der Waals surface area contributed by atoms with E-state index in [0.717, 1.165) is 49.3 Å². The molecule has 0 aromatic heterocycles. The third-order valence-corrected chi connectivity index (χ3v) is 4.24. The summed E-state index contributed by atoms with van der Waals surface area (Å²) < 4.78 is 11.7. The van der Waals surface area contributed by atoms with E-state index < -0.39 is 0 Å². The normalized spacial score (nSPS) is 25.6. The van der Waals surface area contributed by atoms with Gasteiger partial charge < -0.3 is 14.8 Å². The first-order valence-corrected chi connectivity index (χ1v) is 8.16. The molecular weight excluding hydrogens is 262 g/mol. The first-order valence-electron chi connectivity index (χ1n) is 8.16. The Balaban J connectivity index is 2.05. The van der Waals surface area contributed by atoms with Crippen LogP contribution >= 0.6 is 0 Å². The van der Waals surface area contributed by atoms with Crippen molar-refractivity contribution in [3.8, 4) is 11.5 Å². The summed E-state index contributed by atoms with van der Waals surface area (Å²) in [5, 5.41) is 3.33. The van der Waals surface area contributed by atoms with Crippen LogP contribution in [0, 0.1) is 11.8 Å². The summed E-state index contributed by atoms with van der Waals surface area (Å²) >= 11 is 0. The Morgan fingerprint density at radius 1 is 1.10 bits per heavy atom. The number of benzene rings is 1. The Morgan fingerprint density at radius 3 is 2.43 bits per heavy atom. The summed E-state index contributed by atoms with van der Waals surface area (Å²) in [6.07, 6.45) is 3.93. The van der Waals surface area contributed by atoms with Crippen LogP contribution in [0.5, 0.6) is 11.5 Å². The van der Waals surface area contributed by atoms with Gasteiger partial charge in [0.15, 0.2) is 11.5 Å². The quantitative estimate of drug-likeness (QED) is 0.859. The van der Waals surface area contributed by atoms with E-state index in [9.17, 15) is 0 Å². The van der Waals surface area contributed by atoms with Crippen LogP contribution in [0.1, 0.15) is 45.6 Å². The molecule has 1 saturated carbocycles. The molecule has 118 valence electrons. The van der Waals surface area contributed by atoms with Crippen LogP contribution in [0.15, 0.2) is 18.2 Å². The molecule has 1 fully saturated rings. The fourth-order valence-electron chi connectivity index (χ4n) is 3.34. The molecule has 0 amide bonds. The van der Waals surface area contributed by atoms with E-state index in [1.54, 1.807) is 7.11 Å².